The van der Waals surface area contributed by atoms with Gasteiger partial charge in [-0.05, 0) is 32.0 Å². The van der Waals surface area contributed by atoms with Gasteiger partial charge in [0.15, 0.2) is 0 Å². The van der Waals surface area contributed by atoms with Gasteiger partial charge in [-0.3, -0.25) is 4.57 Å². The van der Waals surface area contributed by atoms with Crippen LogP contribution in [0.4, 0.5) is 0 Å². The third-order valence-corrected chi connectivity index (χ3v) is 3.57. The molecule has 4 heteroatoms. The molecular weight excluding hydrogens is 238 g/mol. The van der Waals surface area contributed by atoms with E-state index in [2.05, 4.69) is 20.9 Å². The van der Waals surface area contributed by atoms with Gasteiger partial charge < -0.3 is 10.1 Å². The normalized spacial score (nSPS) is 18.7. The van der Waals surface area contributed by atoms with Crippen molar-refractivity contribution >= 4 is 0 Å². The zero-order chi connectivity index (χ0) is 13.1. The number of ether oxygens (including phenoxy) is 1. The van der Waals surface area contributed by atoms with E-state index in [0.29, 0.717) is 12.5 Å². The molecule has 0 amide bonds. The summed E-state index contributed by atoms with van der Waals surface area (Å²) in [5.74, 6) is 1.45. The molecule has 1 aliphatic rings. The first kappa shape index (κ1) is 12.2. The van der Waals surface area contributed by atoms with Crippen LogP contribution in [0.5, 0.6) is 5.75 Å². The molecule has 100 valence electrons. The van der Waals surface area contributed by atoms with E-state index in [1.807, 2.05) is 37.6 Å². The molecule has 0 spiro atoms. The van der Waals surface area contributed by atoms with Gasteiger partial charge in [0.1, 0.15) is 5.75 Å². The lowest BCUT2D eigenvalue weighted by atomic mass is 10.1. The molecule has 0 bridgehead atoms. The first-order chi connectivity index (χ1) is 9.40. The monoisotopic (exact) mass is 257 g/mol. The van der Waals surface area contributed by atoms with Crippen LogP contribution < -0.4 is 10.1 Å². The Hall–Kier alpha value is -1.81. The average molecular weight is 257 g/mol. The molecule has 1 unspecified atom stereocenters. The van der Waals surface area contributed by atoms with E-state index in [1.54, 1.807) is 0 Å². The Morgan fingerprint density at radius 2 is 2.32 bits per heavy atom. The second-order valence-corrected chi connectivity index (χ2v) is 4.78. The van der Waals surface area contributed by atoms with E-state index in [9.17, 15) is 0 Å². The Morgan fingerprint density at radius 3 is 3.11 bits per heavy atom. The highest BCUT2D eigenvalue weighted by Gasteiger charge is 2.21. The van der Waals surface area contributed by atoms with Gasteiger partial charge in [-0.15, -0.1) is 0 Å². The van der Waals surface area contributed by atoms with Gasteiger partial charge in [0.05, 0.1) is 18.6 Å². The Kier molecular flexibility index (Phi) is 3.51. The predicted octanol–water partition coefficient (Wildman–Crippen LogP) is 2.35. The van der Waals surface area contributed by atoms with Crippen LogP contribution in [-0.4, -0.2) is 29.2 Å². The van der Waals surface area contributed by atoms with E-state index in [-0.39, 0.29) is 0 Å². The highest BCUT2D eigenvalue weighted by Crippen LogP contribution is 2.29. The van der Waals surface area contributed by atoms with Gasteiger partial charge in [-0.25, -0.2) is 4.98 Å². The minimum absolute atomic E-state index is 0.539. The molecule has 1 aliphatic heterocycles. The van der Waals surface area contributed by atoms with Crippen molar-refractivity contribution in [1.82, 2.24) is 14.9 Å². The van der Waals surface area contributed by atoms with Crippen molar-refractivity contribution in [3.8, 4) is 11.4 Å². The van der Waals surface area contributed by atoms with Crippen LogP contribution in [0.15, 0.2) is 36.8 Å². The fraction of sp³-hybridized carbons (Fsp3) is 0.400. The molecule has 4 nitrogen and oxygen atoms in total. The van der Waals surface area contributed by atoms with Crippen molar-refractivity contribution < 1.29 is 4.74 Å². The lowest BCUT2D eigenvalue weighted by Gasteiger charge is -2.16. The molecule has 1 atom stereocenters. The SMILES string of the molecule is CCOc1ccccc1-n1cncc1C1CCNC1. The maximum Gasteiger partial charge on any atom is 0.143 e. The number of nitrogens with one attached hydrogen (secondary N) is 1. The first-order valence-corrected chi connectivity index (χ1v) is 6.85. The fourth-order valence-corrected chi connectivity index (χ4v) is 2.65. The van der Waals surface area contributed by atoms with E-state index >= 15 is 0 Å². The summed E-state index contributed by atoms with van der Waals surface area (Å²) in [6.45, 7) is 4.80. The Bertz CT molecular complexity index is 544. The van der Waals surface area contributed by atoms with Crippen LogP contribution in [0.3, 0.4) is 0 Å². The van der Waals surface area contributed by atoms with Crippen LogP contribution in [0.2, 0.25) is 0 Å². The van der Waals surface area contributed by atoms with Crippen molar-refractivity contribution in [2.75, 3.05) is 19.7 Å². The van der Waals surface area contributed by atoms with Gasteiger partial charge in [0.25, 0.3) is 0 Å². The number of nitrogens with zero attached hydrogens (tertiary/aromatic N) is 2. The van der Waals surface area contributed by atoms with E-state index < -0.39 is 0 Å². The van der Waals surface area contributed by atoms with Crippen LogP contribution >= 0.6 is 0 Å². The van der Waals surface area contributed by atoms with Gasteiger partial charge in [-0.2, -0.15) is 0 Å². The molecular formula is C15H19N3O. The van der Waals surface area contributed by atoms with Crippen LogP contribution in [0.25, 0.3) is 5.69 Å². The van der Waals surface area contributed by atoms with Crippen molar-refractivity contribution in [2.24, 2.45) is 0 Å². The van der Waals surface area contributed by atoms with Gasteiger partial charge in [0, 0.05) is 24.4 Å². The maximum atomic E-state index is 5.71. The fourth-order valence-electron chi connectivity index (χ4n) is 2.65. The number of aromatic nitrogens is 2. The molecule has 2 heterocycles. The van der Waals surface area contributed by atoms with Crippen molar-refractivity contribution in [3.05, 3.63) is 42.5 Å². The van der Waals surface area contributed by atoms with Crippen LogP contribution in [0.1, 0.15) is 25.0 Å². The van der Waals surface area contributed by atoms with Crippen molar-refractivity contribution in [2.45, 2.75) is 19.3 Å². The lowest BCUT2D eigenvalue weighted by molar-refractivity contribution is 0.339. The summed E-state index contributed by atoms with van der Waals surface area (Å²) in [5, 5.41) is 3.41. The molecule has 1 fully saturated rings. The predicted molar refractivity (Wildman–Crippen MR) is 75.0 cm³/mol. The minimum Gasteiger partial charge on any atom is -0.492 e. The largest absolute Gasteiger partial charge is 0.492 e. The molecule has 3 rings (SSSR count). The average Bonchev–Trinajstić information content (AvgIpc) is 3.10. The number of rotatable bonds is 4. The molecule has 19 heavy (non-hydrogen) atoms. The summed E-state index contributed by atoms with van der Waals surface area (Å²) in [4.78, 5) is 4.32. The minimum atomic E-state index is 0.539. The van der Waals surface area contributed by atoms with Crippen LogP contribution in [0, 0.1) is 0 Å². The van der Waals surface area contributed by atoms with E-state index in [4.69, 9.17) is 4.74 Å². The molecule has 0 radical (unpaired) electrons. The number of para-hydroxylation sites is 2. The van der Waals surface area contributed by atoms with Gasteiger partial charge >= 0.3 is 0 Å². The van der Waals surface area contributed by atoms with E-state index in [1.165, 1.54) is 12.1 Å². The third-order valence-electron chi connectivity index (χ3n) is 3.57. The molecule has 1 aromatic carbocycles. The quantitative estimate of drug-likeness (QED) is 0.913. The topological polar surface area (TPSA) is 39.1 Å². The highest BCUT2D eigenvalue weighted by molar-refractivity contribution is 5.48. The lowest BCUT2D eigenvalue weighted by Crippen LogP contribution is -2.11. The molecule has 1 saturated heterocycles. The number of hydrogen-bond acceptors (Lipinski definition) is 3. The molecule has 0 saturated carbocycles. The summed E-state index contributed by atoms with van der Waals surface area (Å²) < 4.78 is 7.87. The third kappa shape index (κ3) is 2.36. The number of benzene rings is 1. The Balaban J connectivity index is 2.00. The summed E-state index contributed by atoms with van der Waals surface area (Å²) in [6, 6.07) is 8.13. The summed E-state index contributed by atoms with van der Waals surface area (Å²) in [5.41, 5.74) is 2.33. The Morgan fingerprint density at radius 1 is 1.42 bits per heavy atom. The van der Waals surface area contributed by atoms with E-state index in [0.717, 1.165) is 24.5 Å². The van der Waals surface area contributed by atoms with Gasteiger partial charge in [0.2, 0.25) is 0 Å². The summed E-state index contributed by atoms with van der Waals surface area (Å²) in [6.07, 6.45) is 5.02. The van der Waals surface area contributed by atoms with Crippen LogP contribution in [-0.2, 0) is 0 Å². The van der Waals surface area contributed by atoms with Crippen molar-refractivity contribution in [1.29, 1.82) is 0 Å². The molecule has 2 aromatic rings. The summed E-state index contributed by atoms with van der Waals surface area (Å²) >= 11 is 0. The summed E-state index contributed by atoms with van der Waals surface area (Å²) in [7, 11) is 0. The smallest absolute Gasteiger partial charge is 0.143 e. The van der Waals surface area contributed by atoms with Gasteiger partial charge in [-0.1, -0.05) is 12.1 Å². The standard InChI is InChI=1S/C15H19N3O/c1-2-19-15-6-4-3-5-13(15)18-11-17-10-14(18)12-7-8-16-9-12/h3-6,10-12,16H,2,7-9H2,1H3. The highest BCUT2D eigenvalue weighted by atomic mass is 16.5. The number of hydrogen-bond donors (Lipinski definition) is 1. The zero-order valence-corrected chi connectivity index (χ0v) is 11.2. The Labute approximate surface area is 113 Å². The molecule has 1 aromatic heterocycles. The van der Waals surface area contributed by atoms with Crippen molar-refractivity contribution in [3.63, 3.8) is 0 Å². The molecule has 0 aliphatic carbocycles. The molecule has 1 N–H and O–H groups in total. The maximum absolute atomic E-state index is 5.71. The number of imidazole rings is 1. The second kappa shape index (κ2) is 5.45. The zero-order valence-electron chi connectivity index (χ0n) is 11.2. The second-order valence-electron chi connectivity index (χ2n) is 4.78. The first-order valence-electron chi connectivity index (χ1n) is 6.85.